The van der Waals surface area contributed by atoms with Crippen molar-refractivity contribution in [1.29, 1.82) is 0 Å². The van der Waals surface area contributed by atoms with Gasteiger partial charge in [-0.05, 0) is 31.2 Å². The van der Waals surface area contributed by atoms with Gasteiger partial charge in [0.05, 0.1) is 11.3 Å². The minimum atomic E-state index is -0.620. The van der Waals surface area contributed by atoms with Crippen molar-refractivity contribution >= 4 is 11.6 Å². The SMILES string of the molecule is Cc1cc2nc(COC(=O)c3ccc(F)cc3)cc(=O)n2o1. The van der Waals surface area contributed by atoms with E-state index in [1.165, 1.54) is 30.3 Å². The molecule has 0 atom stereocenters. The Morgan fingerprint density at radius 1 is 1.32 bits per heavy atom. The van der Waals surface area contributed by atoms with E-state index in [1.54, 1.807) is 13.0 Å². The monoisotopic (exact) mass is 302 g/mol. The summed E-state index contributed by atoms with van der Waals surface area (Å²) in [7, 11) is 0. The van der Waals surface area contributed by atoms with Crippen LogP contribution in [0.4, 0.5) is 4.39 Å². The number of benzene rings is 1. The number of carbonyl (C=O) groups excluding carboxylic acids is 1. The summed E-state index contributed by atoms with van der Waals surface area (Å²) in [5.74, 6) is -0.512. The molecule has 112 valence electrons. The molecular formula is C15H11FN2O4. The molecule has 6 nitrogen and oxygen atoms in total. The van der Waals surface area contributed by atoms with Crippen molar-refractivity contribution in [2.24, 2.45) is 0 Å². The van der Waals surface area contributed by atoms with E-state index in [1.807, 2.05) is 0 Å². The minimum absolute atomic E-state index is 0.161. The average Bonchev–Trinajstić information content (AvgIpc) is 2.86. The molecule has 0 aliphatic carbocycles. The number of nitrogens with zero attached hydrogens (tertiary/aromatic N) is 2. The first-order chi connectivity index (χ1) is 10.5. The van der Waals surface area contributed by atoms with Crippen molar-refractivity contribution in [2.75, 3.05) is 0 Å². The molecule has 2 aromatic heterocycles. The highest BCUT2D eigenvalue weighted by atomic mass is 19.1. The van der Waals surface area contributed by atoms with Crippen molar-refractivity contribution in [3.8, 4) is 0 Å². The smallest absolute Gasteiger partial charge is 0.338 e. The summed E-state index contributed by atoms with van der Waals surface area (Å²) in [6, 6.07) is 7.81. The Bertz CT molecular complexity index is 896. The van der Waals surface area contributed by atoms with Crippen molar-refractivity contribution < 1.29 is 18.4 Å². The first-order valence-electron chi connectivity index (χ1n) is 6.45. The Labute approximate surface area is 123 Å². The summed E-state index contributed by atoms with van der Waals surface area (Å²) < 4.78 is 24.1. The number of fused-ring (bicyclic) bond motifs is 1. The standard InChI is InChI=1S/C15H11FN2O4/c1-9-6-13-17-12(7-14(19)18(13)22-9)8-21-15(20)10-2-4-11(16)5-3-10/h2-7H,8H2,1H3. The van der Waals surface area contributed by atoms with Gasteiger partial charge in [0.1, 0.15) is 18.2 Å². The van der Waals surface area contributed by atoms with Crippen LogP contribution < -0.4 is 5.56 Å². The molecule has 0 aliphatic heterocycles. The van der Waals surface area contributed by atoms with Gasteiger partial charge in [0.2, 0.25) is 0 Å². The highest BCUT2D eigenvalue weighted by molar-refractivity contribution is 5.89. The highest BCUT2D eigenvalue weighted by Gasteiger charge is 2.10. The fourth-order valence-electron chi connectivity index (χ4n) is 1.96. The molecule has 0 saturated heterocycles. The number of hydrogen-bond acceptors (Lipinski definition) is 5. The summed E-state index contributed by atoms with van der Waals surface area (Å²) in [4.78, 5) is 27.8. The van der Waals surface area contributed by atoms with Gasteiger partial charge in [-0.25, -0.2) is 14.2 Å². The molecular weight excluding hydrogens is 291 g/mol. The second-order valence-corrected chi connectivity index (χ2v) is 4.67. The number of esters is 1. The fourth-order valence-corrected chi connectivity index (χ4v) is 1.96. The second kappa shape index (κ2) is 5.44. The van der Waals surface area contributed by atoms with Crippen molar-refractivity contribution in [2.45, 2.75) is 13.5 Å². The molecule has 0 radical (unpaired) electrons. The lowest BCUT2D eigenvalue weighted by atomic mass is 10.2. The molecule has 0 fully saturated rings. The third-order valence-corrected chi connectivity index (χ3v) is 2.96. The number of hydrogen-bond donors (Lipinski definition) is 0. The zero-order chi connectivity index (χ0) is 15.7. The molecule has 1 aromatic carbocycles. The van der Waals surface area contributed by atoms with E-state index in [2.05, 4.69) is 4.98 Å². The first kappa shape index (κ1) is 14.0. The van der Waals surface area contributed by atoms with Gasteiger partial charge in [0.25, 0.3) is 5.56 Å². The average molecular weight is 302 g/mol. The summed E-state index contributed by atoms with van der Waals surface area (Å²) in [6.45, 7) is 1.54. The Morgan fingerprint density at radius 2 is 2.05 bits per heavy atom. The van der Waals surface area contributed by atoms with E-state index in [-0.39, 0.29) is 12.2 Å². The topological polar surface area (TPSA) is 73.8 Å². The van der Waals surface area contributed by atoms with Crippen LogP contribution in [0.3, 0.4) is 0 Å². The molecule has 2 heterocycles. The van der Waals surface area contributed by atoms with E-state index in [4.69, 9.17) is 9.26 Å². The van der Waals surface area contributed by atoms with Gasteiger partial charge < -0.3 is 9.26 Å². The Balaban J connectivity index is 1.77. The van der Waals surface area contributed by atoms with Crippen LogP contribution >= 0.6 is 0 Å². The van der Waals surface area contributed by atoms with E-state index < -0.39 is 17.3 Å². The lowest BCUT2D eigenvalue weighted by molar-refractivity contribution is 0.0467. The van der Waals surface area contributed by atoms with Crippen LogP contribution in [0.2, 0.25) is 0 Å². The molecule has 22 heavy (non-hydrogen) atoms. The van der Waals surface area contributed by atoms with Gasteiger partial charge in [-0.2, -0.15) is 0 Å². The van der Waals surface area contributed by atoms with Crippen molar-refractivity contribution in [3.63, 3.8) is 0 Å². The minimum Gasteiger partial charge on any atom is -0.456 e. The molecule has 0 N–H and O–H groups in total. The largest absolute Gasteiger partial charge is 0.456 e. The predicted octanol–water partition coefficient (Wildman–Crippen LogP) is 2.09. The fraction of sp³-hybridized carbons (Fsp3) is 0.133. The number of aromatic nitrogens is 2. The lowest BCUT2D eigenvalue weighted by Crippen LogP contribution is -2.15. The van der Waals surface area contributed by atoms with E-state index in [0.29, 0.717) is 17.1 Å². The number of rotatable bonds is 3. The number of ether oxygens (including phenoxy) is 1. The summed E-state index contributed by atoms with van der Waals surface area (Å²) in [5, 5.41) is 0. The van der Waals surface area contributed by atoms with Crippen LogP contribution in [-0.4, -0.2) is 15.5 Å². The zero-order valence-corrected chi connectivity index (χ0v) is 11.6. The van der Waals surface area contributed by atoms with Gasteiger partial charge in [-0.15, -0.1) is 4.57 Å². The van der Waals surface area contributed by atoms with Gasteiger partial charge in [0, 0.05) is 12.1 Å². The number of carbonyl (C=O) groups is 1. The molecule has 0 unspecified atom stereocenters. The van der Waals surface area contributed by atoms with Crippen molar-refractivity contribution in [1.82, 2.24) is 9.56 Å². The van der Waals surface area contributed by atoms with Crippen LogP contribution in [0.15, 0.2) is 45.7 Å². The van der Waals surface area contributed by atoms with Crippen molar-refractivity contribution in [3.05, 3.63) is 69.6 Å². The summed E-state index contributed by atoms with van der Waals surface area (Å²) >= 11 is 0. The molecule has 0 saturated carbocycles. The summed E-state index contributed by atoms with van der Waals surface area (Å²) in [6.07, 6.45) is 0. The Morgan fingerprint density at radius 3 is 2.77 bits per heavy atom. The molecule has 0 amide bonds. The molecule has 0 spiro atoms. The Kier molecular flexibility index (Phi) is 3.46. The van der Waals surface area contributed by atoms with E-state index >= 15 is 0 Å². The van der Waals surface area contributed by atoms with E-state index in [9.17, 15) is 14.0 Å². The summed E-state index contributed by atoms with van der Waals surface area (Å²) in [5.41, 5.74) is 0.475. The quantitative estimate of drug-likeness (QED) is 0.693. The third kappa shape index (κ3) is 2.73. The van der Waals surface area contributed by atoms with Crippen LogP contribution in [-0.2, 0) is 11.3 Å². The van der Waals surface area contributed by atoms with Crippen LogP contribution in [0.1, 0.15) is 21.8 Å². The third-order valence-electron chi connectivity index (χ3n) is 2.96. The van der Waals surface area contributed by atoms with Gasteiger partial charge in [-0.1, -0.05) is 0 Å². The second-order valence-electron chi connectivity index (χ2n) is 4.67. The maximum absolute atomic E-state index is 12.8. The molecule has 7 heteroatoms. The number of halogens is 1. The maximum atomic E-state index is 12.8. The van der Waals surface area contributed by atoms with E-state index in [0.717, 1.165) is 4.57 Å². The lowest BCUT2D eigenvalue weighted by Gasteiger charge is -2.04. The predicted molar refractivity (Wildman–Crippen MR) is 74.0 cm³/mol. The zero-order valence-electron chi connectivity index (χ0n) is 11.6. The maximum Gasteiger partial charge on any atom is 0.338 e. The molecule has 0 aliphatic rings. The molecule has 3 aromatic rings. The Hall–Kier alpha value is -2.96. The molecule has 0 bridgehead atoms. The normalized spacial score (nSPS) is 10.8. The van der Waals surface area contributed by atoms with Gasteiger partial charge in [-0.3, -0.25) is 4.79 Å². The van der Waals surface area contributed by atoms with Crippen LogP contribution in [0.5, 0.6) is 0 Å². The van der Waals surface area contributed by atoms with Crippen LogP contribution in [0.25, 0.3) is 5.65 Å². The molecule has 3 rings (SSSR count). The van der Waals surface area contributed by atoms with Crippen LogP contribution in [0, 0.1) is 12.7 Å². The highest BCUT2D eigenvalue weighted by Crippen LogP contribution is 2.08. The van der Waals surface area contributed by atoms with Gasteiger partial charge >= 0.3 is 5.97 Å². The first-order valence-corrected chi connectivity index (χ1v) is 6.45. The van der Waals surface area contributed by atoms with Gasteiger partial charge in [0.15, 0.2) is 5.65 Å². The number of aryl methyl sites for hydroxylation is 1.